The van der Waals surface area contributed by atoms with Crippen molar-refractivity contribution < 1.29 is 4.79 Å². The highest BCUT2D eigenvalue weighted by Crippen LogP contribution is 2.24. The molecule has 82 valence electrons. The van der Waals surface area contributed by atoms with Gasteiger partial charge in [-0.2, -0.15) is 5.10 Å². The van der Waals surface area contributed by atoms with Gasteiger partial charge in [-0.15, -0.1) is 0 Å². The third kappa shape index (κ3) is 2.14. The van der Waals surface area contributed by atoms with Gasteiger partial charge in [0.05, 0.1) is 22.5 Å². The number of halogens is 1. The molecule has 0 radical (unpaired) electrons. The first-order valence-corrected chi connectivity index (χ1v) is 4.90. The molecule has 2 aromatic rings. The molecule has 0 aliphatic heterocycles. The van der Waals surface area contributed by atoms with Crippen LogP contribution in [0.25, 0.3) is 0 Å². The molecule has 5 nitrogen and oxygen atoms in total. The zero-order chi connectivity index (χ0) is 11.5. The maximum absolute atomic E-state index is 11.7. The first-order valence-electron chi connectivity index (χ1n) is 4.52. The molecule has 16 heavy (non-hydrogen) atoms. The van der Waals surface area contributed by atoms with Gasteiger partial charge in [0.1, 0.15) is 0 Å². The number of aromatic amines is 1. The van der Waals surface area contributed by atoms with E-state index in [1.807, 2.05) is 0 Å². The van der Waals surface area contributed by atoms with Crippen molar-refractivity contribution in [1.82, 2.24) is 10.2 Å². The Morgan fingerprint density at radius 3 is 2.94 bits per heavy atom. The monoisotopic (exact) mass is 236 g/mol. The van der Waals surface area contributed by atoms with Crippen molar-refractivity contribution in [2.24, 2.45) is 0 Å². The van der Waals surface area contributed by atoms with Crippen LogP contribution in [0.4, 0.5) is 11.4 Å². The van der Waals surface area contributed by atoms with Gasteiger partial charge in [0.15, 0.2) is 0 Å². The summed E-state index contributed by atoms with van der Waals surface area (Å²) in [5.41, 5.74) is 7.04. The van der Waals surface area contributed by atoms with Gasteiger partial charge in [-0.3, -0.25) is 9.89 Å². The van der Waals surface area contributed by atoms with Crippen LogP contribution in [0.15, 0.2) is 30.6 Å². The highest BCUT2D eigenvalue weighted by Gasteiger charge is 2.09. The minimum Gasteiger partial charge on any atom is -0.399 e. The summed E-state index contributed by atoms with van der Waals surface area (Å²) in [5, 5.41) is 9.29. The van der Waals surface area contributed by atoms with Gasteiger partial charge in [-0.05, 0) is 18.2 Å². The fourth-order valence-electron chi connectivity index (χ4n) is 1.20. The normalized spacial score (nSPS) is 10.1. The van der Waals surface area contributed by atoms with Crippen LogP contribution in [-0.2, 0) is 0 Å². The van der Waals surface area contributed by atoms with Crippen LogP contribution < -0.4 is 11.1 Å². The minimum absolute atomic E-state index is 0.277. The van der Waals surface area contributed by atoms with Crippen molar-refractivity contribution in [1.29, 1.82) is 0 Å². The second-order valence-corrected chi connectivity index (χ2v) is 3.59. The first-order chi connectivity index (χ1) is 7.66. The Hall–Kier alpha value is -2.01. The van der Waals surface area contributed by atoms with E-state index in [-0.39, 0.29) is 5.91 Å². The fourth-order valence-corrected chi connectivity index (χ4v) is 1.44. The van der Waals surface area contributed by atoms with Crippen molar-refractivity contribution in [3.8, 4) is 0 Å². The van der Waals surface area contributed by atoms with Crippen LogP contribution >= 0.6 is 11.6 Å². The third-order valence-electron chi connectivity index (χ3n) is 2.00. The van der Waals surface area contributed by atoms with Gasteiger partial charge in [0.2, 0.25) is 0 Å². The number of aromatic nitrogens is 2. The lowest BCUT2D eigenvalue weighted by molar-refractivity contribution is 0.102. The summed E-state index contributed by atoms with van der Waals surface area (Å²) in [7, 11) is 0. The molecule has 0 bridgehead atoms. The highest BCUT2D eigenvalue weighted by atomic mass is 35.5. The number of anilines is 2. The molecule has 1 amide bonds. The third-order valence-corrected chi connectivity index (χ3v) is 2.31. The Bertz CT molecular complexity index is 510. The van der Waals surface area contributed by atoms with Gasteiger partial charge >= 0.3 is 0 Å². The van der Waals surface area contributed by atoms with Crippen LogP contribution in [-0.4, -0.2) is 16.1 Å². The second-order valence-electron chi connectivity index (χ2n) is 3.18. The predicted molar refractivity (Wildman–Crippen MR) is 62.4 cm³/mol. The van der Waals surface area contributed by atoms with Crippen LogP contribution in [0.5, 0.6) is 0 Å². The quantitative estimate of drug-likeness (QED) is 0.697. The number of nitrogens with two attached hydrogens (primary N) is 1. The maximum atomic E-state index is 11.7. The molecule has 0 aliphatic carbocycles. The van der Waals surface area contributed by atoms with E-state index in [0.29, 0.717) is 22.0 Å². The first kappa shape index (κ1) is 10.5. The maximum Gasteiger partial charge on any atom is 0.258 e. The zero-order valence-corrected chi connectivity index (χ0v) is 8.95. The molecule has 0 saturated heterocycles. The van der Waals surface area contributed by atoms with Crippen molar-refractivity contribution in [3.63, 3.8) is 0 Å². The lowest BCUT2D eigenvalue weighted by Crippen LogP contribution is -2.11. The van der Waals surface area contributed by atoms with Gasteiger partial charge in [0.25, 0.3) is 5.91 Å². The van der Waals surface area contributed by atoms with Gasteiger partial charge in [-0.25, -0.2) is 0 Å². The van der Waals surface area contributed by atoms with E-state index in [2.05, 4.69) is 15.5 Å². The fraction of sp³-hybridized carbons (Fsp3) is 0. The summed E-state index contributed by atoms with van der Waals surface area (Å²) < 4.78 is 0. The molecule has 0 unspecified atom stereocenters. The number of H-pyrrole nitrogens is 1. The largest absolute Gasteiger partial charge is 0.399 e. The van der Waals surface area contributed by atoms with Gasteiger partial charge in [-0.1, -0.05) is 11.6 Å². The average molecular weight is 237 g/mol. The minimum atomic E-state index is -0.277. The van der Waals surface area contributed by atoms with Crippen LogP contribution in [0.2, 0.25) is 5.02 Å². The average Bonchev–Trinajstić information content (AvgIpc) is 2.75. The topological polar surface area (TPSA) is 83.8 Å². The van der Waals surface area contributed by atoms with E-state index < -0.39 is 0 Å². The van der Waals surface area contributed by atoms with Gasteiger partial charge in [0, 0.05) is 11.9 Å². The summed E-state index contributed by atoms with van der Waals surface area (Å²) in [4.78, 5) is 11.7. The van der Waals surface area contributed by atoms with E-state index in [1.54, 1.807) is 18.2 Å². The number of carbonyl (C=O) groups is 1. The Balaban J connectivity index is 2.18. The van der Waals surface area contributed by atoms with Crippen LogP contribution in [0, 0.1) is 0 Å². The SMILES string of the molecule is Nc1ccc(NC(=O)c2cn[nH]c2)c(Cl)c1. The number of nitrogens with zero attached hydrogens (tertiary/aromatic N) is 1. The lowest BCUT2D eigenvalue weighted by atomic mass is 10.2. The van der Waals surface area contributed by atoms with E-state index in [4.69, 9.17) is 17.3 Å². The molecule has 0 saturated carbocycles. The summed E-state index contributed by atoms with van der Waals surface area (Å²) in [6.45, 7) is 0. The van der Waals surface area contributed by atoms with Crippen LogP contribution in [0.1, 0.15) is 10.4 Å². The number of nitrogens with one attached hydrogen (secondary N) is 2. The van der Waals surface area contributed by atoms with Crippen molar-refractivity contribution in [2.75, 3.05) is 11.1 Å². The number of hydrogen-bond donors (Lipinski definition) is 3. The lowest BCUT2D eigenvalue weighted by Gasteiger charge is -2.06. The number of rotatable bonds is 2. The zero-order valence-electron chi connectivity index (χ0n) is 8.20. The summed E-state index contributed by atoms with van der Waals surface area (Å²) in [5.74, 6) is -0.277. The van der Waals surface area contributed by atoms with Crippen molar-refractivity contribution in [2.45, 2.75) is 0 Å². The summed E-state index contributed by atoms with van der Waals surface area (Å²) >= 11 is 5.92. The second kappa shape index (κ2) is 4.24. The Kier molecular flexibility index (Phi) is 2.78. The molecule has 1 aromatic heterocycles. The smallest absolute Gasteiger partial charge is 0.258 e. The number of amides is 1. The Morgan fingerprint density at radius 2 is 2.31 bits per heavy atom. The van der Waals surface area contributed by atoms with E-state index >= 15 is 0 Å². The highest BCUT2D eigenvalue weighted by molar-refractivity contribution is 6.34. The summed E-state index contributed by atoms with van der Waals surface area (Å²) in [6, 6.07) is 4.89. The molecule has 1 aromatic carbocycles. The molecule has 4 N–H and O–H groups in total. The van der Waals surface area contributed by atoms with Gasteiger partial charge < -0.3 is 11.1 Å². The molecule has 2 rings (SSSR count). The van der Waals surface area contributed by atoms with E-state index in [9.17, 15) is 4.79 Å². The van der Waals surface area contributed by atoms with E-state index in [0.717, 1.165) is 0 Å². The molecular weight excluding hydrogens is 228 g/mol. The Morgan fingerprint density at radius 1 is 1.50 bits per heavy atom. The number of benzene rings is 1. The molecule has 6 heteroatoms. The van der Waals surface area contributed by atoms with Crippen molar-refractivity contribution >= 4 is 28.9 Å². The standard InChI is InChI=1S/C10H9ClN4O/c11-8-3-7(12)1-2-9(8)15-10(16)6-4-13-14-5-6/h1-5H,12H2,(H,13,14)(H,15,16). The van der Waals surface area contributed by atoms with Crippen molar-refractivity contribution in [3.05, 3.63) is 41.2 Å². The number of hydrogen-bond acceptors (Lipinski definition) is 3. The molecule has 0 aliphatic rings. The number of nitrogen functional groups attached to an aromatic ring is 1. The summed E-state index contributed by atoms with van der Waals surface area (Å²) in [6.07, 6.45) is 2.93. The Labute approximate surface area is 96.6 Å². The van der Waals surface area contributed by atoms with Crippen LogP contribution in [0.3, 0.4) is 0 Å². The number of carbonyl (C=O) groups excluding carboxylic acids is 1. The molecule has 0 spiro atoms. The molecule has 0 atom stereocenters. The molecule has 0 fully saturated rings. The molecule has 1 heterocycles. The predicted octanol–water partition coefficient (Wildman–Crippen LogP) is 1.90. The molecular formula is C10H9ClN4O. The van der Waals surface area contributed by atoms with E-state index in [1.165, 1.54) is 12.4 Å².